The van der Waals surface area contributed by atoms with E-state index in [1.165, 1.54) is 0 Å². The molecule has 1 atom stereocenters. The molecule has 4 N–H and O–H groups in total. The minimum atomic E-state index is -0.952. The molecule has 11 heteroatoms. The maximum atomic E-state index is 12.5. The lowest BCUT2D eigenvalue weighted by atomic mass is 10.0. The number of nitrogens with one attached hydrogen (secondary N) is 1. The van der Waals surface area contributed by atoms with E-state index in [0.29, 0.717) is 45.2 Å². The monoisotopic (exact) mass is 511 g/mol. The summed E-state index contributed by atoms with van der Waals surface area (Å²) in [4.78, 5) is 24.4. The Kier molecular flexibility index (Phi) is 5.67. The van der Waals surface area contributed by atoms with Gasteiger partial charge in [-0.3, -0.25) is 10.1 Å². The number of carboxylic acids is 1. The number of rotatable bonds is 5. The van der Waals surface area contributed by atoms with E-state index < -0.39 is 23.6 Å². The molecule has 0 aliphatic heterocycles. The van der Waals surface area contributed by atoms with Crippen molar-refractivity contribution in [1.82, 2.24) is 4.37 Å². The number of hydrogen-bond acceptors (Lipinski definition) is 8. The first-order valence-corrected chi connectivity index (χ1v) is 11.7. The van der Waals surface area contributed by atoms with Crippen LogP contribution in [0.1, 0.15) is 47.8 Å². The zero-order chi connectivity index (χ0) is 24.7. The fourth-order valence-corrected chi connectivity index (χ4v) is 4.53. The second-order valence-corrected chi connectivity index (χ2v) is 9.25. The number of fused-ring (bicyclic) bond motifs is 1. The van der Waals surface area contributed by atoms with Gasteiger partial charge < -0.3 is 24.4 Å². The van der Waals surface area contributed by atoms with Gasteiger partial charge in [-0.15, -0.1) is 0 Å². The number of carbonyl (C=O) groups is 2. The standard InChI is InChI=1S/C24H18ClN3O6S/c1-12(15-4-2-3-5-16(15)25)32-23(31)27-19-17(35-28-20(19)26)7-6-14-10-13-11-18(34-21(13)33-14)24(8-9-24)22(29)30/h2-5,10-12H,8-9H2,1H3,(H2,26,28)(H,27,31)(H,29,30). The summed E-state index contributed by atoms with van der Waals surface area (Å²) in [5, 5.41) is 13.1. The Morgan fingerprint density at radius 2 is 2.06 bits per heavy atom. The van der Waals surface area contributed by atoms with Crippen LogP contribution in [0.15, 0.2) is 45.2 Å². The van der Waals surface area contributed by atoms with Crippen molar-refractivity contribution >= 4 is 57.9 Å². The first kappa shape index (κ1) is 22.8. The van der Waals surface area contributed by atoms with E-state index in [1.54, 1.807) is 43.3 Å². The number of furan rings is 2. The Labute approximate surface area is 208 Å². The van der Waals surface area contributed by atoms with Crippen LogP contribution in [0.2, 0.25) is 5.02 Å². The average Bonchev–Trinajstić information content (AvgIpc) is 3.25. The van der Waals surface area contributed by atoms with Crippen molar-refractivity contribution in [3.05, 3.63) is 63.4 Å². The summed E-state index contributed by atoms with van der Waals surface area (Å²) < 4.78 is 20.7. The second kappa shape index (κ2) is 8.69. The highest BCUT2D eigenvalue weighted by atomic mass is 35.5. The van der Waals surface area contributed by atoms with Crippen LogP contribution >= 0.6 is 23.1 Å². The number of nitrogen functional groups attached to an aromatic ring is 1. The van der Waals surface area contributed by atoms with Crippen LogP contribution in [0.4, 0.5) is 16.3 Å². The molecule has 1 amide bonds. The maximum Gasteiger partial charge on any atom is 0.412 e. The van der Waals surface area contributed by atoms with Crippen LogP contribution < -0.4 is 11.1 Å². The number of hydrogen-bond donors (Lipinski definition) is 3. The van der Waals surface area contributed by atoms with Gasteiger partial charge >= 0.3 is 12.1 Å². The van der Waals surface area contributed by atoms with E-state index in [4.69, 9.17) is 30.9 Å². The van der Waals surface area contributed by atoms with Gasteiger partial charge in [0.25, 0.3) is 5.78 Å². The highest BCUT2D eigenvalue weighted by Crippen LogP contribution is 2.50. The normalized spacial score (nSPS) is 14.7. The summed E-state index contributed by atoms with van der Waals surface area (Å²) in [6.07, 6.45) is -0.256. The van der Waals surface area contributed by atoms with Crippen molar-refractivity contribution < 1.29 is 28.3 Å². The van der Waals surface area contributed by atoms with Gasteiger partial charge in [-0.2, -0.15) is 4.37 Å². The number of nitrogens with two attached hydrogens (primary N) is 1. The number of benzene rings is 1. The number of aromatic nitrogens is 1. The predicted octanol–water partition coefficient (Wildman–Crippen LogP) is 5.54. The van der Waals surface area contributed by atoms with Crippen molar-refractivity contribution in [2.24, 2.45) is 0 Å². The summed E-state index contributed by atoms with van der Waals surface area (Å²) in [5.74, 6) is 5.81. The van der Waals surface area contributed by atoms with Gasteiger partial charge in [-0.1, -0.05) is 29.8 Å². The zero-order valence-electron chi connectivity index (χ0n) is 18.3. The van der Waals surface area contributed by atoms with E-state index in [9.17, 15) is 14.7 Å². The number of carboxylic acid groups (broad SMARTS) is 1. The van der Waals surface area contributed by atoms with Crippen molar-refractivity contribution in [3.63, 3.8) is 0 Å². The smallest absolute Gasteiger partial charge is 0.412 e. The molecule has 1 unspecified atom stereocenters. The Morgan fingerprint density at radius 3 is 2.74 bits per heavy atom. The molecule has 4 aromatic rings. The molecule has 3 aromatic heterocycles. The van der Waals surface area contributed by atoms with E-state index in [1.807, 2.05) is 0 Å². The van der Waals surface area contributed by atoms with Crippen molar-refractivity contribution in [2.75, 3.05) is 11.1 Å². The predicted molar refractivity (Wildman–Crippen MR) is 130 cm³/mol. The van der Waals surface area contributed by atoms with Gasteiger partial charge in [-0.25, -0.2) is 4.79 Å². The molecule has 0 radical (unpaired) electrons. The summed E-state index contributed by atoms with van der Waals surface area (Å²) in [6, 6.07) is 10.4. The molecule has 1 saturated carbocycles. The summed E-state index contributed by atoms with van der Waals surface area (Å²) in [5.41, 5.74) is 5.86. The van der Waals surface area contributed by atoms with E-state index in [0.717, 1.165) is 11.5 Å². The molecule has 35 heavy (non-hydrogen) atoms. The second-order valence-electron chi connectivity index (χ2n) is 8.07. The summed E-state index contributed by atoms with van der Waals surface area (Å²) in [6.45, 7) is 1.70. The molecule has 0 bridgehead atoms. The molecule has 3 heterocycles. The lowest BCUT2D eigenvalue weighted by Crippen LogP contribution is -2.18. The van der Waals surface area contributed by atoms with Crippen LogP contribution in [-0.2, 0) is 14.9 Å². The van der Waals surface area contributed by atoms with Crippen LogP contribution in [0, 0.1) is 11.8 Å². The number of ether oxygens (including phenoxy) is 1. The molecule has 0 saturated heterocycles. The molecule has 5 rings (SSSR count). The summed E-state index contributed by atoms with van der Waals surface area (Å²) in [7, 11) is 0. The van der Waals surface area contributed by atoms with Gasteiger partial charge in [0, 0.05) is 16.7 Å². The Balaban J connectivity index is 1.30. The topological polar surface area (TPSA) is 141 Å². The fourth-order valence-electron chi connectivity index (χ4n) is 3.61. The van der Waals surface area contributed by atoms with Gasteiger partial charge in [0.2, 0.25) is 0 Å². The number of aliphatic carboxylic acids is 1. The lowest BCUT2D eigenvalue weighted by Gasteiger charge is -2.15. The molecule has 1 aromatic carbocycles. The van der Waals surface area contributed by atoms with Gasteiger partial charge in [-0.05, 0) is 55.3 Å². The van der Waals surface area contributed by atoms with Crippen molar-refractivity contribution in [3.8, 4) is 11.8 Å². The third-order valence-corrected chi connectivity index (χ3v) is 6.84. The highest BCUT2D eigenvalue weighted by Gasteiger charge is 2.54. The zero-order valence-corrected chi connectivity index (χ0v) is 19.8. The number of anilines is 2. The molecule has 9 nitrogen and oxygen atoms in total. The number of carbonyl (C=O) groups excluding carboxylic acids is 1. The Morgan fingerprint density at radius 1 is 1.29 bits per heavy atom. The van der Waals surface area contributed by atoms with Crippen molar-refractivity contribution in [1.29, 1.82) is 0 Å². The van der Waals surface area contributed by atoms with Crippen molar-refractivity contribution in [2.45, 2.75) is 31.3 Å². The highest BCUT2D eigenvalue weighted by molar-refractivity contribution is 7.07. The third-order valence-electron chi connectivity index (χ3n) is 5.72. The minimum absolute atomic E-state index is 0.0999. The Bertz CT molecular complexity index is 1490. The largest absolute Gasteiger partial charge is 0.480 e. The molecular weight excluding hydrogens is 494 g/mol. The number of halogens is 1. The maximum absolute atomic E-state index is 12.5. The third kappa shape index (κ3) is 4.32. The van der Waals surface area contributed by atoms with Gasteiger partial charge in [0.05, 0.1) is 5.39 Å². The number of nitrogens with zero attached hydrogens (tertiary/aromatic N) is 1. The molecule has 1 aliphatic rings. The quantitative estimate of drug-likeness (QED) is 0.296. The van der Waals surface area contributed by atoms with E-state index >= 15 is 0 Å². The Hall–Kier alpha value is -3.94. The summed E-state index contributed by atoms with van der Waals surface area (Å²) >= 11 is 7.18. The average molecular weight is 512 g/mol. The van der Waals surface area contributed by atoms with Crippen LogP contribution in [-0.4, -0.2) is 21.5 Å². The van der Waals surface area contributed by atoms with Crippen LogP contribution in [0.25, 0.3) is 11.2 Å². The van der Waals surface area contributed by atoms with Gasteiger partial charge in [0.15, 0.2) is 11.6 Å². The molecule has 178 valence electrons. The molecular formula is C24H18ClN3O6S. The SMILES string of the molecule is CC(OC(=O)Nc1c(N)nsc1C#Cc1cc2cc(C3(C(=O)O)CC3)oc2o1)c1ccccc1Cl. The van der Waals surface area contributed by atoms with E-state index in [-0.39, 0.29) is 17.3 Å². The first-order chi connectivity index (χ1) is 16.8. The first-order valence-electron chi connectivity index (χ1n) is 10.5. The lowest BCUT2D eigenvalue weighted by molar-refractivity contribution is -0.140. The molecule has 1 fully saturated rings. The van der Waals surface area contributed by atoms with Crippen LogP contribution in [0.3, 0.4) is 0 Å². The molecule has 1 aliphatic carbocycles. The molecule has 0 spiro atoms. The minimum Gasteiger partial charge on any atom is -0.480 e. The van der Waals surface area contributed by atoms with Crippen LogP contribution in [0.5, 0.6) is 0 Å². The van der Waals surface area contributed by atoms with E-state index in [2.05, 4.69) is 21.5 Å². The van der Waals surface area contributed by atoms with Gasteiger partial charge in [0.1, 0.15) is 27.8 Å². The number of amides is 1. The fraction of sp³-hybridized carbons (Fsp3) is 0.208.